The predicted octanol–water partition coefficient (Wildman–Crippen LogP) is 0.511. The number of aryl methyl sites for hydroxylation is 1. The van der Waals surface area contributed by atoms with Gasteiger partial charge in [0.1, 0.15) is 10.1 Å². The minimum Gasteiger partial charge on any atom is -0.744 e. The van der Waals surface area contributed by atoms with Gasteiger partial charge in [0, 0.05) is 0 Å². The fourth-order valence-corrected chi connectivity index (χ4v) is 6.01. The van der Waals surface area contributed by atoms with Gasteiger partial charge in [-0.25, -0.2) is 8.42 Å². The molecular weight excluding hydrogens is 375 g/mol. The standard InChI is InChI=1S/C20H28O5S.Na/c1-12(2)15-10-13-7-8-16-14(19(21)25-4)6-5-9-20(16,3)17(13)11-18(15)26(22,23)24;/h10-12,14,16H,5-9H2,1-4H3,(H,22,23,24);/q;+1/p-1. The zero-order valence-corrected chi connectivity index (χ0v) is 19.7. The van der Waals surface area contributed by atoms with Gasteiger partial charge in [-0.1, -0.05) is 33.3 Å². The molecule has 5 nitrogen and oxygen atoms in total. The zero-order valence-electron chi connectivity index (χ0n) is 16.9. The van der Waals surface area contributed by atoms with E-state index >= 15 is 0 Å². The fraction of sp³-hybridized carbons (Fsp3) is 0.650. The van der Waals surface area contributed by atoms with Crippen molar-refractivity contribution in [1.82, 2.24) is 0 Å². The molecule has 0 radical (unpaired) electrons. The third-order valence-electron chi connectivity index (χ3n) is 6.49. The van der Waals surface area contributed by atoms with E-state index in [1.165, 1.54) is 7.11 Å². The largest absolute Gasteiger partial charge is 1.00 e. The van der Waals surface area contributed by atoms with Crippen molar-refractivity contribution in [1.29, 1.82) is 0 Å². The summed E-state index contributed by atoms with van der Waals surface area (Å²) >= 11 is 0. The number of rotatable bonds is 3. The van der Waals surface area contributed by atoms with Gasteiger partial charge in [-0.15, -0.1) is 0 Å². The van der Waals surface area contributed by atoms with Gasteiger partial charge in [-0.05, 0) is 65.7 Å². The molecule has 3 unspecified atom stereocenters. The average Bonchev–Trinajstić information content (AvgIpc) is 2.58. The van der Waals surface area contributed by atoms with Crippen LogP contribution in [0.25, 0.3) is 0 Å². The van der Waals surface area contributed by atoms with Crippen molar-refractivity contribution >= 4 is 16.1 Å². The maximum absolute atomic E-state index is 12.3. The molecule has 144 valence electrons. The van der Waals surface area contributed by atoms with Gasteiger partial charge in [0.15, 0.2) is 0 Å². The van der Waals surface area contributed by atoms with E-state index in [9.17, 15) is 17.8 Å². The fourth-order valence-electron chi connectivity index (χ4n) is 5.17. The number of hydrogen-bond acceptors (Lipinski definition) is 5. The van der Waals surface area contributed by atoms with E-state index in [1.54, 1.807) is 6.07 Å². The summed E-state index contributed by atoms with van der Waals surface area (Å²) in [6.07, 6.45) is 4.25. The normalized spacial score (nSPS) is 27.3. The summed E-state index contributed by atoms with van der Waals surface area (Å²) in [6.45, 7) is 5.91. The molecule has 0 spiro atoms. The Hall–Kier alpha value is -0.400. The number of carbonyl (C=O) groups is 1. The molecule has 2 aliphatic carbocycles. The number of hydrogen-bond donors (Lipinski definition) is 0. The second kappa shape index (κ2) is 8.15. The molecule has 0 aromatic heterocycles. The van der Waals surface area contributed by atoms with Gasteiger partial charge in [0.25, 0.3) is 0 Å². The first kappa shape index (κ1) is 22.9. The van der Waals surface area contributed by atoms with Crippen LogP contribution in [0, 0.1) is 11.8 Å². The van der Waals surface area contributed by atoms with Gasteiger partial charge in [-0.3, -0.25) is 4.79 Å². The average molecular weight is 402 g/mol. The van der Waals surface area contributed by atoms with Gasteiger partial charge < -0.3 is 9.29 Å². The Morgan fingerprint density at radius 2 is 1.96 bits per heavy atom. The third-order valence-corrected chi connectivity index (χ3v) is 7.38. The predicted molar refractivity (Wildman–Crippen MR) is 97.0 cm³/mol. The number of esters is 1. The Kier molecular flexibility index (Phi) is 6.91. The van der Waals surface area contributed by atoms with Crippen molar-refractivity contribution in [3.8, 4) is 0 Å². The second-order valence-electron chi connectivity index (χ2n) is 8.24. The smallest absolute Gasteiger partial charge is 0.744 e. The first-order valence-corrected chi connectivity index (χ1v) is 10.7. The summed E-state index contributed by atoms with van der Waals surface area (Å²) in [5.74, 6) is -0.272. The van der Waals surface area contributed by atoms with Crippen molar-refractivity contribution in [3.05, 3.63) is 28.8 Å². The van der Waals surface area contributed by atoms with E-state index in [1.807, 2.05) is 19.9 Å². The maximum Gasteiger partial charge on any atom is 1.00 e. The molecule has 2 aliphatic rings. The minimum atomic E-state index is -4.55. The monoisotopic (exact) mass is 402 g/mol. The van der Waals surface area contributed by atoms with Crippen LogP contribution < -0.4 is 29.6 Å². The van der Waals surface area contributed by atoms with E-state index in [2.05, 4.69) is 6.92 Å². The number of fused-ring (bicyclic) bond motifs is 3. The quantitative estimate of drug-likeness (QED) is 0.418. The van der Waals surface area contributed by atoms with E-state index in [0.29, 0.717) is 5.56 Å². The van der Waals surface area contributed by atoms with Crippen molar-refractivity contribution in [2.45, 2.75) is 69.1 Å². The van der Waals surface area contributed by atoms with Crippen LogP contribution in [0.3, 0.4) is 0 Å². The molecule has 1 aromatic rings. The molecule has 0 bridgehead atoms. The number of methoxy groups -OCH3 is 1. The van der Waals surface area contributed by atoms with Crippen LogP contribution >= 0.6 is 0 Å². The van der Waals surface area contributed by atoms with Crippen LogP contribution in [0.15, 0.2) is 17.0 Å². The van der Waals surface area contributed by atoms with Gasteiger partial charge >= 0.3 is 35.5 Å². The van der Waals surface area contributed by atoms with Crippen LogP contribution in [-0.2, 0) is 31.5 Å². The van der Waals surface area contributed by atoms with E-state index in [4.69, 9.17) is 4.74 Å². The topological polar surface area (TPSA) is 83.5 Å². The second-order valence-corrected chi connectivity index (χ2v) is 9.59. The van der Waals surface area contributed by atoms with Crippen molar-refractivity contribution < 1.29 is 52.1 Å². The van der Waals surface area contributed by atoms with Crippen molar-refractivity contribution in [2.24, 2.45) is 11.8 Å². The molecule has 0 aliphatic heterocycles. The molecule has 1 fully saturated rings. The molecule has 1 saturated carbocycles. The van der Waals surface area contributed by atoms with Crippen LogP contribution in [0.2, 0.25) is 0 Å². The number of carbonyl (C=O) groups excluding carboxylic acids is 1. The number of benzene rings is 1. The van der Waals surface area contributed by atoms with Crippen molar-refractivity contribution in [3.63, 3.8) is 0 Å². The van der Waals surface area contributed by atoms with Crippen molar-refractivity contribution in [2.75, 3.05) is 7.11 Å². The Morgan fingerprint density at radius 1 is 1.30 bits per heavy atom. The molecule has 1 aromatic carbocycles. The molecule has 0 amide bonds. The Bertz CT molecular complexity index is 833. The Balaban J connectivity index is 0.00000261. The van der Waals surface area contributed by atoms with Gasteiger partial charge in [0.05, 0.1) is 17.9 Å². The summed E-state index contributed by atoms with van der Waals surface area (Å²) < 4.78 is 40.7. The SMILES string of the molecule is COC(=O)C1CCCC2(C)c3cc(S(=O)(=O)[O-])c(C(C)C)cc3CCC12.[Na+]. The Labute approximate surface area is 184 Å². The molecule has 0 heterocycles. The molecule has 0 N–H and O–H groups in total. The molecular formula is C20H27NaO5S. The van der Waals surface area contributed by atoms with Crippen LogP contribution in [-0.4, -0.2) is 26.0 Å². The first-order valence-electron chi connectivity index (χ1n) is 9.30. The van der Waals surface area contributed by atoms with Crippen LogP contribution in [0.5, 0.6) is 0 Å². The minimum absolute atomic E-state index is 0. The molecule has 3 rings (SSSR count). The van der Waals surface area contributed by atoms with Crippen LogP contribution in [0.4, 0.5) is 0 Å². The number of ether oxygens (including phenoxy) is 1. The third kappa shape index (κ3) is 4.01. The van der Waals surface area contributed by atoms with E-state index in [0.717, 1.165) is 43.2 Å². The molecule has 3 atom stereocenters. The summed E-state index contributed by atoms with van der Waals surface area (Å²) in [7, 11) is -3.13. The summed E-state index contributed by atoms with van der Waals surface area (Å²) in [4.78, 5) is 12.2. The van der Waals surface area contributed by atoms with Gasteiger partial charge in [-0.2, -0.15) is 0 Å². The summed E-state index contributed by atoms with van der Waals surface area (Å²) in [5.41, 5.74) is 2.34. The first-order chi connectivity index (χ1) is 12.1. The summed E-state index contributed by atoms with van der Waals surface area (Å²) in [5, 5.41) is 0. The van der Waals surface area contributed by atoms with Gasteiger partial charge in [0.2, 0.25) is 0 Å². The van der Waals surface area contributed by atoms with Crippen LogP contribution in [0.1, 0.15) is 69.1 Å². The molecule has 0 saturated heterocycles. The van der Waals surface area contributed by atoms with E-state index < -0.39 is 10.1 Å². The summed E-state index contributed by atoms with van der Waals surface area (Å²) in [6, 6.07) is 3.52. The maximum atomic E-state index is 12.3. The van der Waals surface area contributed by atoms with E-state index in [-0.39, 0.29) is 63.6 Å². The molecule has 27 heavy (non-hydrogen) atoms. The Morgan fingerprint density at radius 3 is 2.52 bits per heavy atom. The molecule has 7 heteroatoms. The zero-order chi connectivity index (χ0) is 19.3.